The van der Waals surface area contributed by atoms with Gasteiger partial charge in [0.2, 0.25) is 6.04 Å². The van der Waals surface area contributed by atoms with Crippen LogP contribution < -0.4 is 0 Å². The van der Waals surface area contributed by atoms with Crippen LogP contribution in [0.3, 0.4) is 0 Å². The molecule has 0 spiro atoms. The van der Waals surface area contributed by atoms with Gasteiger partial charge in [0.15, 0.2) is 0 Å². The topological polar surface area (TPSA) is 66.6 Å². The molecule has 1 aromatic carbocycles. The summed E-state index contributed by atoms with van der Waals surface area (Å²) in [5.74, 6) is 0. The van der Waals surface area contributed by atoms with Gasteiger partial charge in [-0.25, -0.2) is 0 Å². The van der Waals surface area contributed by atoms with Crippen molar-refractivity contribution in [2.45, 2.75) is 44.3 Å². The average Bonchev–Trinajstić information content (AvgIpc) is 2.40. The number of nitrogens with zero attached hydrogens (tertiary/aromatic N) is 2. The van der Waals surface area contributed by atoms with E-state index in [9.17, 15) is 15.3 Å². The molecule has 5 heteroatoms. The van der Waals surface area contributed by atoms with Crippen LogP contribution >= 0.6 is 0 Å². The Morgan fingerprint density at radius 3 is 2.61 bits per heavy atom. The largest absolute Gasteiger partial charge is 0.313 e. The van der Waals surface area contributed by atoms with E-state index in [0.717, 1.165) is 23.5 Å². The van der Waals surface area contributed by atoms with Crippen molar-refractivity contribution in [2.75, 3.05) is 0 Å². The van der Waals surface area contributed by atoms with Crippen LogP contribution in [0.2, 0.25) is 0 Å². The third-order valence-corrected chi connectivity index (χ3v) is 3.53. The zero-order valence-corrected chi connectivity index (χ0v) is 10.2. The zero-order chi connectivity index (χ0) is 13.0. The van der Waals surface area contributed by atoms with Gasteiger partial charge >= 0.3 is 0 Å². The van der Waals surface area contributed by atoms with Gasteiger partial charge in [0.25, 0.3) is 0 Å². The highest BCUT2D eigenvalue weighted by Crippen LogP contribution is 2.25. The maximum absolute atomic E-state index is 11.0. The van der Waals surface area contributed by atoms with E-state index in [-0.39, 0.29) is 11.0 Å². The monoisotopic (exact) mass is 250 g/mol. The second-order valence-corrected chi connectivity index (χ2v) is 4.79. The molecule has 5 nitrogen and oxygen atoms in total. The molecule has 0 radical (unpaired) electrons. The van der Waals surface area contributed by atoms with Crippen molar-refractivity contribution in [2.24, 2.45) is 0 Å². The predicted octanol–water partition coefficient (Wildman–Crippen LogP) is 2.47. The van der Waals surface area contributed by atoms with Crippen LogP contribution in [0.5, 0.6) is 0 Å². The van der Waals surface area contributed by atoms with Crippen molar-refractivity contribution in [3.05, 3.63) is 46.0 Å². The molecule has 1 N–H and O–H groups in total. The summed E-state index contributed by atoms with van der Waals surface area (Å²) in [4.78, 5) is 10.7. The number of benzene rings is 1. The molecule has 0 bridgehead atoms. The Morgan fingerprint density at radius 2 is 1.94 bits per heavy atom. The lowest BCUT2D eigenvalue weighted by atomic mass is 9.90. The quantitative estimate of drug-likeness (QED) is 0.658. The molecule has 98 valence electrons. The van der Waals surface area contributed by atoms with E-state index in [0.29, 0.717) is 19.4 Å². The third-order valence-electron chi connectivity index (χ3n) is 3.53. The van der Waals surface area contributed by atoms with Gasteiger partial charge in [-0.2, -0.15) is 5.06 Å². The Balaban J connectivity index is 2.02. The summed E-state index contributed by atoms with van der Waals surface area (Å²) in [6, 6.07) is 8.51. The number of hydroxylamine groups is 2. The van der Waals surface area contributed by atoms with Crippen molar-refractivity contribution in [3.8, 4) is 0 Å². The summed E-state index contributed by atoms with van der Waals surface area (Å²) < 4.78 is 0. The van der Waals surface area contributed by atoms with Crippen LogP contribution in [0.15, 0.2) is 30.3 Å². The summed E-state index contributed by atoms with van der Waals surface area (Å²) in [6.07, 6.45) is 3.07. The molecule has 0 unspecified atom stereocenters. The van der Waals surface area contributed by atoms with E-state index in [2.05, 4.69) is 0 Å². The maximum atomic E-state index is 11.0. The highest BCUT2D eigenvalue weighted by atomic mass is 16.6. The highest BCUT2D eigenvalue weighted by molar-refractivity contribution is 5.14. The van der Waals surface area contributed by atoms with Gasteiger partial charge in [0.05, 0.1) is 0 Å². The molecule has 0 heterocycles. The normalized spacial score (nSPS) is 24.1. The van der Waals surface area contributed by atoms with E-state index in [1.54, 1.807) is 0 Å². The van der Waals surface area contributed by atoms with Gasteiger partial charge in [0.1, 0.15) is 6.04 Å². The van der Waals surface area contributed by atoms with Gasteiger partial charge < -0.3 is 5.21 Å². The maximum Gasteiger partial charge on any atom is 0.230 e. The molecule has 0 aliphatic heterocycles. The zero-order valence-electron chi connectivity index (χ0n) is 10.2. The van der Waals surface area contributed by atoms with Gasteiger partial charge in [0, 0.05) is 17.9 Å². The van der Waals surface area contributed by atoms with Gasteiger partial charge in [-0.05, 0) is 18.4 Å². The standard InChI is InChI=1S/C13H18N2O3/c16-14(10-11-6-2-1-3-7-11)12-8-4-5-9-13(12)15(17)18/h1-3,6-7,12-13,16H,4-5,8-10H2/t12-,13-/m0/s1. The molecule has 2 rings (SSSR count). The minimum absolute atomic E-state index is 0.252. The summed E-state index contributed by atoms with van der Waals surface area (Å²) >= 11 is 0. The Bertz CT molecular complexity index is 396. The third kappa shape index (κ3) is 3.05. The van der Waals surface area contributed by atoms with E-state index >= 15 is 0 Å². The van der Waals surface area contributed by atoms with E-state index in [1.165, 1.54) is 0 Å². The minimum Gasteiger partial charge on any atom is -0.313 e. The number of hydrogen-bond donors (Lipinski definition) is 1. The van der Waals surface area contributed by atoms with Crippen molar-refractivity contribution < 1.29 is 10.1 Å². The summed E-state index contributed by atoms with van der Waals surface area (Å²) in [5, 5.41) is 22.2. The Labute approximate surface area is 106 Å². The van der Waals surface area contributed by atoms with Crippen molar-refractivity contribution in [3.63, 3.8) is 0 Å². The summed E-state index contributed by atoms with van der Waals surface area (Å²) in [5.41, 5.74) is 0.965. The SMILES string of the molecule is O=[N+]([O-])[C@H]1CCCC[C@@H]1N(O)Cc1ccccc1. The molecule has 0 aromatic heterocycles. The Hall–Kier alpha value is -1.46. The molecule has 1 aliphatic carbocycles. The van der Waals surface area contributed by atoms with E-state index in [1.807, 2.05) is 30.3 Å². The number of nitro groups is 1. The molecule has 18 heavy (non-hydrogen) atoms. The molecule has 1 saturated carbocycles. The molecule has 1 aromatic rings. The fourth-order valence-electron chi connectivity index (χ4n) is 2.57. The minimum atomic E-state index is -0.646. The molecule has 1 fully saturated rings. The van der Waals surface area contributed by atoms with Gasteiger partial charge in [-0.3, -0.25) is 10.1 Å². The molecule has 1 aliphatic rings. The molecule has 0 amide bonds. The second kappa shape index (κ2) is 5.93. The van der Waals surface area contributed by atoms with Crippen LogP contribution in [0, 0.1) is 10.1 Å². The van der Waals surface area contributed by atoms with Crippen molar-refractivity contribution in [1.29, 1.82) is 0 Å². The van der Waals surface area contributed by atoms with Crippen LogP contribution in [0.25, 0.3) is 0 Å². The summed E-state index contributed by atoms with van der Waals surface area (Å²) in [7, 11) is 0. The van der Waals surface area contributed by atoms with Crippen molar-refractivity contribution >= 4 is 0 Å². The van der Waals surface area contributed by atoms with Crippen LogP contribution in [-0.4, -0.2) is 27.3 Å². The fourth-order valence-corrected chi connectivity index (χ4v) is 2.57. The van der Waals surface area contributed by atoms with E-state index in [4.69, 9.17) is 0 Å². The fraction of sp³-hybridized carbons (Fsp3) is 0.538. The molecular formula is C13H18N2O3. The first kappa shape index (κ1) is 13.0. The second-order valence-electron chi connectivity index (χ2n) is 4.79. The molecule has 2 atom stereocenters. The van der Waals surface area contributed by atoms with Crippen molar-refractivity contribution in [1.82, 2.24) is 5.06 Å². The van der Waals surface area contributed by atoms with Gasteiger partial charge in [-0.15, -0.1) is 0 Å². The lowest BCUT2D eigenvalue weighted by Gasteiger charge is -2.31. The Kier molecular flexibility index (Phi) is 4.28. The van der Waals surface area contributed by atoms with E-state index < -0.39 is 6.04 Å². The molecular weight excluding hydrogens is 232 g/mol. The first-order valence-electron chi connectivity index (χ1n) is 6.31. The molecule has 0 saturated heterocycles. The highest BCUT2D eigenvalue weighted by Gasteiger charge is 2.37. The number of hydrogen-bond acceptors (Lipinski definition) is 4. The first-order valence-corrected chi connectivity index (χ1v) is 6.31. The smallest absolute Gasteiger partial charge is 0.230 e. The first-order chi connectivity index (χ1) is 8.68. The average molecular weight is 250 g/mol. The van der Waals surface area contributed by atoms with Crippen LogP contribution in [0.4, 0.5) is 0 Å². The lowest BCUT2D eigenvalue weighted by Crippen LogP contribution is -2.47. The summed E-state index contributed by atoms with van der Waals surface area (Å²) in [6.45, 7) is 0.343. The van der Waals surface area contributed by atoms with Crippen LogP contribution in [0.1, 0.15) is 31.2 Å². The predicted molar refractivity (Wildman–Crippen MR) is 66.8 cm³/mol. The lowest BCUT2D eigenvalue weighted by molar-refractivity contribution is -0.538. The Morgan fingerprint density at radius 1 is 1.28 bits per heavy atom. The van der Waals surface area contributed by atoms with Gasteiger partial charge in [-0.1, -0.05) is 36.8 Å². The number of rotatable bonds is 4. The van der Waals surface area contributed by atoms with Crippen LogP contribution in [-0.2, 0) is 6.54 Å².